The quantitative estimate of drug-likeness (QED) is 0.827. The number of hydrogen-bond acceptors (Lipinski definition) is 2. The highest BCUT2D eigenvalue weighted by Crippen LogP contribution is 2.26. The molecule has 1 saturated heterocycles. The van der Waals surface area contributed by atoms with E-state index in [9.17, 15) is 0 Å². The Kier molecular flexibility index (Phi) is 2.84. The summed E-state index contributed by atoms with van der Waals surface area (Å²) in [6.45, 7) is 5.98. The van der Waals surface area contributed by atoms with E-state index in [2.05, 4.69) is 61.6 Å². The van der Waals surface area contributed by atoms with E-state index < -0.39 is 0 Å². The van der Waals surface area contributed by atoms with Crippen LogP contribution in [0.5, 0.6) is 0 Å². The Hall–Kier alpha value is -1.38. The number of nitrogens with one attached hydrogen (secondary N) is 1. The summed E-state index contributed by atoms with van der Waals surface area (Å²) in [7, 11) is 0. The van der Waals surface area contributed by atoms with Crippen LogP contribution in [0.4, 0.5) is 0 Å². The first-order valence-corrected chi connectivity index (χ1v) is 6.49. The van der Waals surface area contributed by atoms with Crippen molar-refractivity contribution in [2.45, 2.75) is 25.5 Å². The maximum absolute atomic E-state index is 5.97. The van der Waals surface area contributed by atoms with Crippen LogP contribution < -0.4 is 5.32 Å². The van der Waals surface area contributed by atoms with Crippen molar-refractivity contribution in [2.75, 3.05) is 13.2 Å². The molecule has 2 aromatic rings. The summed E-state index contributed by atoms with van der Waals surface area (Å²) < 4.78 is 5.97. The van der Waals surface area contributed by atoms with Crippen molar-refractivity contribution in [3.05, 3.63) is 48.0 Å². The van der Waals surface area contributed by atoms with Crippen LogP contribution in [0.15, 0.2) is 42.5 Å². The van der Waals surface area contributed by atoms with Crippen LogP contribution in [0.25, 0.3) is 10.8 Å². The third-order valence-corrected chi connectivity index (χ3v) is 3.56. The van der Waals surface area contributed by atoms with E-state index in [1.807, 2.05) is 0 Å². The van der Waals surface area contributed by atoms with E-state index in [-0.39, 0.29) is 11.6 Å². The zero-order valence-electron chi connectivity index (χ0n) is 10.9. The Morgan fingerprint density at radius 2 is 1.89 bits per heavy atom. The molecule has 3 rings (SSSR count). The number of ether oxygens (including phenoxy) is 1. The highest BCUT2D eigenvalue weighted by atomic mass is 16.5. The van der Waals surface area contributed by atoms with Crippen molar-refractivity contribution < 1.29 is 4.74 Å². The fourth-order valence-electron chi connectivity index (χ4n) is 2.41. The lowest BCUT2D eigenvalue weighted by Gasteiger charge is -2.36. The summed E-state index contributed by atoms with van der Waals surface area (Å²) in [6.07, 6.45) is 0.169. The lowest BCUT2D eigenvalue weighted by molar-refractivity contribution is -0.0228. The molecule has 1 aliphatic heterocycles. The fourth-order valence-corrected chi connectivity index (χ4v) is 2.41. The Labute approximate surface area is 108 Å². The third kappa shape index (κ3) is 2.26. The van der Waals surface area contributed by atoms with Crippen LogP contribution in [-0.2, 0) is 4.74 Å². The van der Waals surface area contributed by atoms with Crippen LogP contribution in [0.3, 0.4) is 0 Å². The van der Waals surface area contributed by atoms with Crippen molar-refractivity contribution in [1.82, 2.24) is 5.32 Å². The number of fused-ring (bicyclic) bond motifs is 1. The van der Waals surface area contributed by atoms with E-state index in [1.54, 1.807) is 0 Å². The van der Waals surface area contributed by atoms with Gasteiger partial charge >= 0.3 is 0 Å². The molecule has 1 fully saturated rings. The number of morpholine rings is 1. The number of benzene rings is 2. The van der Waals surface area contributed by atoms with E-state index in [4.69, 9.17) is 4.74 Å². The van der Waals surface area contributed by atoms with Crippen molar-refractivity contribution in [2.24, 2.45) is 0 Å². The van der Waals surface area contributed by atoms with Gasteiger partial charge in [0.2, 0.25) is 0 Å². The molecule has 1 unspecified atom stereocenters. The van der Waals surface area contributed by atoms with Crippen LogP contribution in [-0.4, -0.2) is 18.7 Å². The first kappa shape index (κ1) is 11.7. The summed E-state index contributed by atoms with van der Waals surface area (Å²) in [5, 5.41) is 6.09. The second-order valence-corrected chi connectivity index (χ2v) is 5.67. The average molecular weight is 241 g/mol. The molecule has 0 amide bonds. The van der Waals surface area contributed by atoms with E-state index in [0.29, 0.717) is 0 Å². The molecule has 0 aliphatic carbocycles. The second-order valence-electron chi connectivity index (χ2n) is 5.67. The molecular formula is C16H19NO. The van der Waals surface area contributed by atoms with Gasteiger partial charge in [-0.05, 0) is 36.2 Å². The third-order valence-electron chi connectivity index (χ3n) is 3.56. The maximum atomic E-state index is 5.97. The molecule has 0 radical (unpaired) electrons. The average Bonchev–Trinajstić information content (AvgIpc) is 2.38. The minimum atomic E-state index is 0.0906. The number of rotatable bonds is 1. The van der Waals surface area contributed by atoms with Crippen LogP contribution in [0.2, 0.25) is 0 Å². The van der Waals surface area contributed by atoms with Gasteiger partial charge in [-0.3, -0.25) is 0 Å². The molecule has 18 heavy (non-hydrogen) atoms. The molecule has 0 bridgehead atoms. The monoisotopic (exact) mass is 241 g/mol. The number of hydrogen-bond donors (Lipinski definition) is 1. The lowest BCUT2D eigenvalue weighted by atomic mass is 9.99. The van der Waals surface area contributed by atoms with Crippen LogP contribution in [0, 0.1) is 0 Å². The van der Waals surface area contributed by atoms with Gasteiger partial charge in [0, 0.05) is 12.1 Å². The standard InChI is InChI=1S/C16H19NO/c1-16(2)11-18-15(10-17-16)14-8-7-12-5-3-4-6-13(12)9-14/h3-9,15,17H,10-11H2,1-2H3. The summed E-state index contributed by atoms with van der Waals surface area (Å²) in [5.41, 5.74) is 1.35. The van der Waals surface area contributed by atoms with Gasteiger partial charge in [0.25, 0.3) is 0 Å². The van der Waals surface area contributed by atoms with Crippen LogP contribution >= 0.6 is 0 Å². The summed E-state index contributed by atoms with van der Waals surface area (Å²) in [5.74, 6) is 0. The van der Waals surface area contributed by atoms with Gasteiger partial charge in [0.1, 0.15) is 0 Å². The van der Waals surface area contributed by atoms with Crippen molar-refractivity contribution in [3.63, 3.8) is 0 Å². The predicted octanol–water partition coefficient (Wildman–Crippen LogP) is 3.28. The molecule has 2 aromatic carbocycles. The van der Waals surface area contributed by atoms with Crippen LogP contribution in [0.1, 0.15) is 25.5 Å². The van der Waals surface area contributed by atoms with Gasteiger partial charge in [-0.15, -0.1) is 0 Å². The maximum Gasteiger partial charge on any atom is 0.0950 e. The summed E-state index contributed by atoms with van der Waals surface area (Å²) in [6, 6.07) is 15.0. The van der Waals surface area contributed by atoms with Gasteiger partial charge in [-0.2, -0.15) is 0 Å². The molecule has 1 aliphatic rings. The van der Waals surface area contributed by atoms with Gasteiger partial charge in [-0.1, -0.05) is 36.4 Å². The first-order valence-electron chi connectivity index (χ1n) is 6.49. The highest BCUT2D eigenvalue weighted by Gasteiger charge is 2.27. The molecule has 1 atom stereocenters. The molecular weight excluding hydrogens is 222 g/mol. The first-order chi connectivity index (χ1) is 8.64. The minimum Gasteiger partial charge on any atom is -0.370 e. The molecule has 94 valence electrons. The molecule has 1 N–H and O–H groups in total. The zero-order chi connectivity index (χ0) is 12.6. The van der Waals surface area contributed by atoms with Crippen molar-refractivity contribution in [1.29, 1.82) is 0 Å². The largest absolute Gasteiger partial charge is 0.370 e. The highest BCUT2D eigenvalue weighted by molar-refractivity contribution is 5.83. The van der Waals surface area contributed by atoms with Gasteiger partial charge in [0.05, 0.1) is 12.7 Å². The second kappa shape index (κ2) is 4.38. The summed E-state index contributed by atoms with van der Waals surface area (Å²) >= 11 is 0. The van der Waals surface area contributed by atoms with Gasteiger partial charge in [-0.25, -0.2) is 0 Å². The van der Waals surface area contributed by atoms with E-state index >= 15 is 0 Å². The van der Waals surface area contributed by atoms with E-state index in [0.717, 1.165) is 13.2 Å². The zero-order valence-corrected chi connectivity index (χ0v) is 10.9. The molecule has 0 saturated carbocycles. The molecule has 0 aromatic heterocycles. The van der Waals surface area contributed by atoms with Crippen molar-refractivity contribution >= 4 is 10.8 Å². The van der Waals surface area contributed by atoms with E-state index in [1.165, 1.54) is 16.3 Å². The Morgan fingerprint density at radius 3 is 2.61 bits per heavy atom. The molecule has 1 heterocycles. The molecule has 2 heteroatoms. The fraction of sp³-hybridized carbons (Fsp3) is 0.375. The minimum absolute atomic E-state index is 0.0906. The summed E-state index contributed by atoms with van der Waals surface area (Å²) in [4.78, 5) is 0. The Balaban J connectivity index is 1.87. The SMILES string of the molecule is CC1(C)COC(c2ccc3ccccc3c2)CN1. The predicted molar refractivity (Wildman–Crippen MR) is 74.7 cm³/mol. The smallest absolute Gasteiger partial charge is 0.0950 e. The normalized spacial score (nSPS) is 23.1. The topological polar surface area (TPSA) is 21.3 Å². The molecule has 0 spiro atoms. The Bertz CT molecular complexity index is 552. The Morgan fingerprint density at radius 1 is 1.11 bits per heavy atom. The van der Waals surface area contributed by atoms with Gasteiger partial charge in [0.15, 0.2) is 0 Å². The molecule has 2 nitrogen and oxygen atoms in total. The van der Waals surface area contributed by atoms with Gasteiger partial charge < -0.3 is 10.1 Å². The van der Waals surface area contributed by atoms with Crippen molar-refractivity contribution in [3.8, 4) is 0 Å². The lowest BCUT2D eigenvalue weighted by Crippen LogP contribution is -2.50.